The summed E-state index contributed by atoms with van der Waals surface area (Å²) >= 11 is 0. The number of ether oxygens (including phenoxy) is 1. The molecule has 86 valence electrons. The van der Waals surface area contributed by atoms with Crippen LogP contribution in [0.25, 0.3) is 6.08 Å². The molecule has 16 heavy (non-hydrogen) atoms. The van der Waals surface area contributed by atoms with Crippen molar-refractivity contribution in [2.45, 2.75) is 20.1 Å². The maximum atomic E-state index is 5.72. The lowest BCUT2D eigenvalue weighted by Gasteiger charge is -2.24. The summed E-state index contributed by atoms with van der Waals surface area (Å²) < 4.78 is 5.58. The zero-order valence-corrected chi connectivity index (χ0v) is 9.81. The Morgan fingerprint density at radius 3 is 2.75 bits per heavy atom. The SMILES string of the molecule is CCN(CC)c1ccc2c(c1)OC(N)C=C2. The lowest BCUT2D eigenvalue weighted by Crippen LogP contribution is -2.27. The van der Waals surface area contributed by atoms with Crippen LogP contribution in [0.4, 0.5) is 5.69 Å². The summed E-state index contributed by atoms with van der Waals surface area (Å²) in [6.45, 7) is 6.29. The largest absolute Gasteiger partial charge is 0.471 e. The first-order valence-corrected chi connectivity index (χ1v) is 5.74. The second-order valence-corrected chi connectivity index (χ2v) is 3.84. The predicted octanol–water partition coefficient (Wildman–Crippen LogP) is 2.22. The first kappa shape index (κ1) is 11.0. The number of hydrogen-bond donors (Lipinski definition) is 1. The van der Waals surface area contributed by atoms with E-state index < -0.39 is 0 Å². The van der Waals surface area contributed by atoms with Gasteiger partial charge in [-0.2, -0.15) is 0 Å². The van der Waals surface area contributed by atoms with Crippen LogP contribution < -0.4 is 15.4 Å². The Labute approximate surface area is 96.5 Å². The van der Waals surface area contributed by atoms with Gasteiger partial charge in [0.25, 0.3) is 0 Å². The van der Waals surface area contributed by atoms with Crippen LogP contribution in [0.3, 0.4) is 0 Å². The number of rotatable bonds is 3. The average Bonchev–Trinajstić information content (AvgIpc) is 2.30. The molecule has 0 radical (unpaired) electrons. The van der Waals surface area contributed by atoms with E-state index in [4.69, 9.17) is 10.5 Å². The number of benzene rings is 1. The summed E-state index contributed by atoms with van der Waals surface area (Å²) in [6.07, 6.45) is 3.55. The van der Waals surface area contributed by atoms with Gasteiger partial charge >= 0.3 is 0 Å². The molecule has 0 aromatic heterocycles. The molecule has 1 atom stereocenters. The minimum Gasteiger partial charge on any atom is -0.471 e. The van der Waals surface area contributed by atoms with E-state index in [0.717, 1.165) is 24.4 Å². The highest BCUT2D eigenvalue weighted by Gasteiger charge is 2.12. The van der Waals surface area contributed by atoms with E-state index in [1.54, 1.807) is 0 Å². The van der Waals surface area contributed by atoms with Crippen LogP contribution in [-0.4, -0.2) is 19.3 Å². The monoisotopic (exact) mass is 218 g/mol. The predicted molar refractivity (Wildman–Crippen MR) is 67.6 cm³/mol. The Morgan fingerprint density at radius 2 is 2.06 bits per heavy atom. The molecule has 0 saturated carbocycles. The molecule has 1 aromatic carbocycles. The molecule has 0 saturated heterocycles. The molecule has 0 amide bonds. The highest BCUT2D eigenvalue weighted by Crippen LogP contribution is 2.29. The van der Waals surface area contributed by atoms with Crippen LogP contribution >= 0.6 is 0 Å². The first-order valence-electron chi connectivity index (χ1n) is 5.74. The van der Waals surface area contributed by atoms with Crippen molar-refractivity contribution in [2.24, 2.45) is 5.73 Å². The van der Waals surface area contributed by atoms with Crippen molar-refractivity contribution < 1.29 is 4.74 Å². The molecular weight excluding hydrogens is 200 g/mol. The molecule has 1 aromatic rings. The zero-order chi connectivity index (χ0) is 11.5. The molecule has 1 aliphatic rings. The Kier molecular flexibility index (Phi) is 3.15. The van der Waals surface area contributed by atoms with Gasteiger partial charge in [0.15, 0.2) is 6.23 Å². The number of nitrogens with two attached hydrogens (primary N) is 1. The summed E-state index contributed by atoms with van der Waals surface area (Å²) in [5, 5.41) is 0. The number of nitrogens with zero attached hydrogens (tertiary/aromatic N) is 1. The van der Waals surface area contributed by atoms with Gasteiger partial charge in [-0.1, -0.05) is 6.08 Å². The third-order valence-corrected chi connectivity index (χ3v) is 2.85. The number of anilines is 1. The third-order valence-electron chi connectivity index (χ3n) is 2.85. The fourth-order valence-corrected chi connectivity index (χ4v) is 1.93. The smallest absolute Gasteiger partial charge is 0.167 e. The van der Waals surface area contributed by atoms with Crippen molar-refractivity contribution in [3.05, 3.63) is 29.8 Å². The molecule has 2 N–H and O–H groups in total. The molecular formula is C13H18N2O. The van der Waals surface area contributed by atoms with Crippen molar-refractivity contribution >= 4 is 11.8 Å². The Bertz CT molecular complexity index is 397. The molecule has 1 unspecified atom stereocenters. The van der Waals surface area contributed by atoms with Crippen molar-refractivity contribution in [1.82, 2.24) is 0 Å². The van der Waals surface area contributed by atoms with Gasteiger partial charge in [-0.05, 0) is 32.1 Å². The quantitative estimate of drug-likeness (QED) is 0.845. The molecule has 1 aliphatic heterocycles. The van der Waals surface area contributed by atoms with Crippen LogP contribution in [0.1, 0.15) is 19.4 Å². The maximum absolute atomic E-state index is 5.72. The van der Waals surface area contributed by atoms with Crippen LogP contribution in [-0.2, 0) is 0 Å². The van der Waals surface area contributed by atoms with Crippen molar-refractivity contribution in [3.63, 3.8) is 0 Å². The zero-order valence-electron chi connectivity index (χ0n) is 9.81. The molecule has 0 aliphatic carbocycles. The summed E-state index contributed by atoms with van der Waals surface area (Å²) in [4.78, 5) is 2.29. The average molecular weight is 218 g/mol. The van der Waals surface area contributed by atoms with E-state index in [0.29, 0.717) is 0 Å². The highest BCUT2D eigenvalue weighted by molar-refractivity contribution is 5.65. The topological polar surface area (TPSA) is 38.5 Å². The Morgan fingerprint density at radius 1 is 1.31 bits per heavy atom. The van der Waals surface area contributed by atoms with Crippen LogP contribution in [0.15, 0.2) is 24.3 Å². The second kappa shape index (κ2) is 4.58. The number of hydrogen-bond acceptors (Lipinski definition) is 3. The fourth-order valence-electron chi connectivity index (χ4n) is 1.93. The Hall–Kier alpha value is -1.48. The standard InChI is InChI=1S/C13H18N2O/c1-3-15(4-2)11-7-5-10-6-8-13(14)16-12(10)9-11/h5-9,13H,3-4,14H2,1-2H3. The van der Waals surface area contributed by atoms with Crippen molar-refractivity contribution in [2.75, 3.05) is 18.0 Å². The van der Waals surface area contributed by atoms with Gasteiger partial charge in [-0.3, -0.25) is 5.73 Å². The van der Waals surface area contributed by atoms with Gasteiger partial charge in [0, 0.05) is 30.4 Å². The second-order valence-electron chi connectivity index (χ2n) is 3.84. The van der Waals surface area contributed by atoms with Crippen LogP contribution in [0, 0.1) is 0 Å². The highest BCUT2D eigenvalue weighted by atomic mass is 16.5. The molecule has 3 nitrogen and oxygen atoms in total. The van der Waals surface area contributed by atoms with Gasteiger partial charge in [-0.15, -0.1) is 0 Å². The molecule has 1 heterocycles. The van der Waals surface area contributed by atoms with Gasteiger partial charge in [0.1, 0.15) is 5.75 Å². The van der Waals surface area contributed by atoms with Gasteiger partial charge in [-0.25, -0.2) is 0 Å². The maximum Gasteiger partial charge on any atom is 0.167 e. The lowest BCUT2D eigenvalue weighted by molar-refractivity contribution is 0.254. The minimum atomic E-state index is -0.320. The third kappa shape index (κ3) is 2.04. The van der Waals surface area contributed by atoms with E-state index in [-0.39, 0.29) is 6.23 Å². The van der Waals surface area contributed by atoms with Gasteiger partial charge in [0.2, 0.25) is 0 Å². The molecule has 0 bridgehead atoms. The molecule has 2 rings (SSSR count). The van der Waals surface area contributed by atoms with E-state index in [2.05, 4.69) is 36.9 Å². The summed E-state index contributed by atoms with van der Waals surface area (Å²) in [5.41, 5.74) is 8.00. The molecule has 0 spiro atoms. The Balaban J connectivity index is 2.32. The van der Waals surface area contributed by atoms with E-state index in [1.165, 1.54) is 5.69 Å². The van der Waals surface area contributed by atoms with Gasteiger partial charge < -0.3 is 9.64 Å². The summed E-state index contributed by atoms with van der Waals surface area (Å²) in [7, 11) is 0. The molecule has 0 fully saturated rings. The number of fused-ring (bicyclic) bond motifs is 1. The van der Waals surface area contributed by atoms with Crippen LogP contribution in [0.5, 0.6) is 5.75 Å². The summed E-state index contributed by atoms with van der Waals surface area (Å²) in [5.74, 6) is 0.874. The van der Waals surface area contributed by atoms with E-state index >= 15 is 0 Å². The normalized spacial score (nSPS) is 17.8. The lowest BCUT2D eigenvalue weighted by atomic mass is 10.1. The molecule has 3 heteroatoms. The summed E-state index contributed by atoms with van der Waals surface area (Å²) in [6, 6.07) is 6.26. The first-order chi connectivity index (χ1) is 7.74. The van der Waals surface area contributed by atoms with E-state index in [9.17, 15) is 0 Å². The van der Waals surface area contributed by atoms with Gasteiger partial charge in [0.05, 0.1) is 0 Å². The van der Waals surface area contributed by atoms with E-state index in [1.807, 2.05) is 12.2 Å². The minimum absolute atomic E-state index is 0.320. The van der Waals surface area contributed by atoms with Crippen molar-refractivity contribution in [1.29, 1.82) is 0 Å². The fraction of sp³-hybridized carbons (Fsp3) is 0.385. The van der Waals surface area contributed by atoms with Crippen LogP contribution in [0.2, 0.25) is 0 Å². The van der Waals surface area contributed by atoms with Crippen molar-refractivity contribution in [3.8, 4) is 5.75 Å².